The number of aromatic nitrogens is 2. The summed E-state index contributed by atoms with van der Waals surface area (Å²) < 4.78 is 17.9. The molecule has 2 aromatic rings. The number of pyridine rings is 2. The number of ether oxygens (including phenoxy) is 1. The monoisotopic (exact) mass is 265 g/mol. The number of nitrogens with one attached hydrogen (secondary N) is 1. The van der Waals surface area contributed by atoms with Gasteiger partial charge < -0.3 is 9.72 Å². The van der Waals surface area contributed by atoms with Gasteiger partial charge in [-0.2, -0.15) is 4.39 Å². The van der Waals surface area contributed by atoms with E-state index in [0.717, 1.165) is 18.3 Å². The summed E-state index contributed by atoms with van der Waals surface area (Å²) in [5.41, 5.74) is -0.436. The summed E-state index contributed by atoms with van der Waals surface area (Å²) in [4.78, 5) is 26.8. The van der Waals surface area contributed by atoms with Crippen LogP contribution in [0.15, 0.2) is 35.4 Å². The van der Waals surface area contributed by atoms with Crippen molar-refractivity contribution < 1.29 is 14.1 Å². The summed E-state index contributed by atoms with van der Waals surface area (Å²) in [7, 11) is 0. The standard InChI is InChI=1S/C11H8FN3O4/c12-10-3-7(1-2-13-10)6-19-9-4-8(15(17)18)5-14-11(9)16/h1-5H,6H2,(H,14,16). The van der Waals surface area contributed by atoms with Crippen LogP contribution in [0.3, 0.4) is 0 Å². The first kappa shape index (κ1) is 12.7. The summed E-state index contributed by atoms with van der Waals surface area (Å²) in [5, 5.41) is 10.6. The third kappa shape index (κ3) is 3.12. The molecular weight excluding hydrogens is 257 g/mol. The molecule has 0 fully saturated rings. The first-order valence-electron chi connectivity index (χ1n) is 5.16. The number of aromatic amines is 1. The lowest BCUT2D eigenvalue weighted by molar-refractivity contribution is -0.385. The fourth-order valence-electron chi connectivity index (χ4n) is 1.36. The van der Waals surface area contributed by atoms with Gasteiger partial charge in [0.2, 0.25) is 5.95 Å². The quantitative estimate of drug-likeness (QED) is 0.511. The van der Waals surface area contributed by atoms with Crippen LogP contribution in [-0.4, -0.2) is 14.9 Å². The molecule has 0 saturated heterocycles. The van der Waals surface area contributed by atoms with Crippen molar-refractivity contribution in [1.82, 2.24) is 9.97 Å². The van der Waals surface area contributed by atoms with E-state index in [1.165, 1.54) is 12.3 Å². The number of H-pyrrole nitrogens is 1. The molecule has 2 rings (SSSR count). The van der Waals surface area contributed by atoms with Gasteiger partial charge in [0, 0.05) is 6.20 Å². The summed E-state index contributed by atoms with van der Waals surface area (Å²) in [6.07, 6.45) is 2.23. The average Bonchev–Trinajstić information content (AvgIpc) is 2.37. The smallest absolute Gasteiger partial charge is 0.290 e. The summed E-state index contributed by atoms with van der Waals surface area (Å²) >= 11 is 0. The van der Waals surface area contributed by atoms with E-state index in [9.17, 15) is 19.3 Å². The largest absolute Gasteiger partial charge is 0.483 e. The molecule has 0 spiro atoms. The first-order valence-corrected chi connectivity index (χ1v) is 5.16. The van der Waals surface area contributed by atoms with Crippen LogP contribution in [0.2, 0.25) is 0 Å². The Morgan fingerprint density at radius 3 is 2.95 bits per heavy atom. The lowest BCUT2D eigenvalue weighted by Gasteiger charge is -2.04. The highest BCUT2D eigenvalue weighted by atomic mass is 19.1. The topological polar surface area (TPSA) is 98.1 Å². The Morgan fingerprint density at radius 1 is 1.47 bits per heavy atom. The molecule has 0 bridgehead atoms. The zero-order chi connectivity index (χ0) is 13.8. The number of rotatable bonds is 4. The van der Waals surface area contributed by atoms with Crippen molar-refractivity contribution >= 4 is 5.69 Å². The van der Waals surface area contributed by atoms with Crippen molar-refractivity contribution in [2.75, 3.05) is 0 Å². The third-order valence-electron chi connectivity index (χ3n) is 2.25. The number of halogens is 1. The average molecular weight is 265 g/mol. The minimum Gasteiger partial charge on any atom is -0.483 e. The van der Waals surface area contributed by atoms with Gasteiger partial charge in [-0.1, -0.05) is 0 Å². The molecule has 19 heavy (non-hydrogen) atoms. The molecule has 0 aliphatic rings. The molecule has 0 radical (unpaired) electrons. The molecule has 0 saturated carbocycles. The highest BCUT2D eigenvalue weighted by Crippen LogP contribution is 2.14. The predicted octanol–water partition coefficient (Wildman–Crippen LogP) is 1.40. The minimum atomic E-state index is -0.672. The molecular formula is C11H8FN3O4. The Hall–Kier alpha value is -2.77. The van der Waals surface area contributed by atoms with Crippen molar-refractivity contribution in [1.29, 1.82) is 0 Å². The highest BCUT2D eigenvalue weighted by molar-refractivity contribution is 5.34. The van der Waals surface area contributed by atoms with E-state index in [-0.39, 0.29) is 18.0 Å². The van der Waals surface area contributed by atoms with E-state index >= 15 is 0 Å². The second-order valence-corrected chi connectivity index (χ2v) is 3.58. The van der Waals surface area contributed by atoms with E-state index in [2.05, 4.69) is 9.97 Å². The predicted molar refractivity (Wildman–Crippen MR) is 62.2 cm³/mol. The molecule has 8 heteroatoms. The van der Waals surface area contributed by atoms with Gasteiger partial charge in [-0.05, 0) is 17.7 Å². The summed E-state index contributed by atoms with van der Waals surface area (Å²) in [6, 6.07) is 3.66. The Morgan fingerprint density at radius 2 is 2.26 bits per heavy atom. The Labute approximate surface area is 105 Å². The van der Waals surface area contributed by atoms with E-state index in [1.54, 1.807) is 0 Å². The van der Waals surface area contributed by atoms with Crippen LogP contribution in [0, 0.1) is 16.1 Å². The first-order chi connectivity index (χ1) is 9.06. The maximum Gasteiger partial charge on any atom is 0.290 e. The molecule has 7 nitrogen and oxygen atoms in total. The Balaban J connectivity index is 2.17. The molecule has 1 N–H and O–H groups in total. The molecule has 0 aromatic carbocycles. The second-order valence-electron chi connectivity index (χ2n) is 3.58. The number of nitrogens with zero attached hydrogens (tertiary/aromatic N) is 2. The fraction of sp³-hybridized carbons (Fsp3) is 0.0909. The normalized spacial score (nSPS) is 10.2. The van der Waals surface area contributed by atoms with Crippen molar-refractivity contribution in [3.05, 3.63) is 62.6 Å². The lowest BCUT2D eigenvalue weighted by Crippen LogP contribution is -2.11. The second kappa shape index (κ2) is 5.25. The van der Waals surface area contributed by atoms with Gasteiger partial charge in [0.25, 0.3) is 11.2 Å². The summed E-state index contributed by atoms with van der Waals surface area (Å²) in [6.45, 7) is -0.0936. The van der Waals surface area contributed by atoms with Gasteiger partial charge >= 0.3 is 0 Å². The van der Waals surface area contributed by atoms with Crippen LogP contribution in [0.25, 0.3) is 0 Å². The van der Waals surface area contributed by atoms with Crippen molar-refractivity contribution in [3.63, 3.8) is 0 Å². The molecule has 98 valence electrons. The minimum absolute atomic E-state index is 0.0936. The van der Waals surface area contributed by atoms with Crippen LogP contribution >= 0.6 is 0 Å². The SMILES string of the molecule is O=c1[nH]cc([N+](=O)[O-])cc1OCc1ccnc(F)c1. The van der Waals surface area contributed by atoms with Crippen molar-refractivity contribution in [2.45, 2.75) is 6.61 Å². The van der Waals surface area contributed by atoms with Crippen LogP contribution in [0.5, 0.6) is 5.75 Å². The molecule has 0 unspecified atom stereocenters. The molecule has 0 aliphatic heterocycles. The number of hydrogen-bond acceptors (Lipinski definition) is 5. The van der Waals surface area contributed by atoms with Crippen molar-refractivity contribution in [2.24, 2.45) is 0 Å². The van der Waals surface area contributed by atoms with Gasteiger partial charge in [-0.3, -0.25) is 14.9 Å². The Kier molecular flexibility index (Phi) is 3.51. The van der Waals surface area contributed by atoms with Crippen LogP contribution in [0.4, 0.5) is 10.1 Å². The Bertz CT molecular complexity index is 671. The fourth-order valence-corrected chi connectivity index (χ4v) is 1.36. The van der Waals surface area contributed by atoms with Crippen molar-refractivity contribution in [3.8, 4) is 5.75 Å². The van der Waals surface area contributed by atoms with Gasteiger partial charge in [0.05, 0.1) is 17.2 Å². The molecule has 0 atom stereocenters. The van der Waals surface area contributed by atoms with Gasteiger partial charge in [0.1, 0.15) is 6.61 Å². The maximum atomic E-state index is 12.8. The number of nitro groups is 1. The van der Waals surface area contributed by atoms with E-state index < -0.39 is 16.4 Å². The molecule has 2 aromatic heterocycles. The van der Waals surface area contributed by atoms with Crippen LogP contribution in [0.1, 0.15) is 5.56 Å². The third-order valence-corrected chi connectivity index (χ3v) is 2.25. The molecule has 0 amide bonds. The summed E-state index contributed by atoms with van der Waals surface area (Å²) in [5.74, 6) is -0.875. The zero-order valence-electron chi connectivity index (χ0n) is 9.50. The molecule has 0 aliphatic carbocycles. The number of hydrogen-bond donors (Lipinski definition) is 1. The van der Waals surface area contributed by atoms with E-state index in [0.29, 0.717) is 5.56 Å². The zero-order valence-corrected chi connectivity index (χ0v) is 9.50. The maximum absolute atomic E-state index is 12.8. The van der Waals surface area contributed by atoms with Gasteiger partial charge in [0.15, 0.2) is 5.75 Å². The van der Waals surface area contributed by atoms with Crippen LogP contribution < -0.4 is 10.3 Å². The highest BCUT2D eigenvalue weighted by Gasteiger charge is 2.10. The van der Waals surface area contributed by atoms with E-state index in [4.69, 9.17) is 4.74 Å². The molecule has 2 heterocycles. The van der Waals surface area contributed by atoms with Crippen LogP contribution in [-0.2, 0) is 6.61 Å². The van der Waals surface area contributed by atoms with E-state index in [1.807, 2.05) is 0 Å². The lowest BCUT2D eigenvalue weighted by atomic mass is 10.3. The van der Waals surface area contributed by atoms with Gasteiger partial charge in [-0.15, -0.1) is 0 Å². The van der Waals surface area contributed by atoms with Gasteiger partial charge in [-0.25, -0.2) is 4.98 Å².